The average molecular weight is 1040 g/mol. The van der Waals surface area contributed by atoms with Crippen LogP contribution in [0.15, 0.2) is 194 Å². The van der Waals surface area contributed by atoms with Gasteiger partial charge in [-0.1, -0.05) is 206 Å². The molecule has 79 heavy (non-hydrogen) atoms. The molecule has 0 N–H and O–H groups in total. The smallest absolute Gasteiger partial charge is 0.137 e. The summed E-state index contributed by atoms with van der Waals surface area (Å²) in [5.74, 6) is 3.16. The van der Waals surface area contributed by atoms with Crippen LogP contribution in [0, 0.1) is 0 Å². The van der Waals surface area contributed by atoms with Crippen molar-refractivity contribution in [3.8, 4) is 28.4 Å². The number of rotatable bonds is 12. The summed E-state index contributed by atoms with van der Waals surface area (Å²) in [6.45, 7) is 33.0. The van der Waals surface area contributed by atoms with Gasteiger partial charge >= 0.3 is 0 Å². The van der Waals surface area contributed by atoms with Crippen LogP contribution in [-0.4, -0.2) is 16.2 Å². The number of ether oxygens (including phenoxy) is 1. The molecule has 0 saturated carbocycles. The Hall–Kier alpha value is -7.89. The molecule has 2 aromatic heterocycles. The van der Waals surface area contributed by atoms with Gasteiger partial charge in [0.2, 0.25) is 0 Å². The molecule has 5 nitrogen and oxygen atoms in total. The summed E-state index contributed by atoms with van der Waals surface area (Å²) in [4.78, 5) is 10.1. The van der Waals surface area contributed by atoms with E-state index >= 15 is 0 Å². The highest BCUT2D eigenvalue weighted by Crippen LogP contribution is 2.51. The van der Waals surface area contributed by atoms with Crippen molar-refractivity contribution in [2.24, 2.45) is 0 Å². The van der Waals surface area contributed by atoms with Crippen LogP contribution < -0.4 is 14.5 Å². The second-order valence-electron chi connectivity index (χ2n) is 25.8. The number of pyridine rings is 1. The second-order valence-corrected chi connectivity index (χ2v) is 25.8. The van der Waals surface area contributed by atoms with Gasteiger partial charge in [-0.25, -0.2) is 4.98 Å². The molecule has 0 fully saturated rings. The summed E-state index contributed by atoms with van der Waals surface area (Å²) in [7, 11) is 0. The minimum absolute atomic E-state index is 0.0317. The molecule has 3 heterocycles. The lowest BCUT2D eigenvalue weighted by molar-refractivity contribution is 0.479. The summed E-state index contributed by atoms with van der Waals surface area (Å²) in [5, 5.41) is 2.34. The summed E-state index contributed by atoms with van der Waals surface area (Å²) < 4.78 is 9.47. The lowest BCUT2D eigenvalue weighted by atomic mass is 9.73. The van der Waals surface area contributed by atoms with Crippen LogP contribution in [0.3, 0.4) is 0 Å². The molecular weight excluding hydrogens is 961 g/mol. The average Bonchev–Trinajstić information content (AvgIpc) is 4.23. The standard InChI is InChI=1S/C74H78N4O/c1-48(2)61-29-23-30-62(49(3)4)70(61)50-32-35-66-68(38-50)77(47-76(66)57-41-55(73(11,12)51-24-17-15-18-25-51)39-56(42-57)74(13,14)52-26-19-16-20-27-52)58-40-54(72(8,9)10)43-60(45-58)79-59-33-34-64-63-28-21-22-31-65(63)78(67(64)46-59)69-44-53(36-37-75-69)71(5,6)7/h15-46,48-49H,47H2,1-14H3. The van der Waals surface area contributed by atoms with E-state index in [9.17, 15) is 0 Å². The third-order valence-electron chi connectivity index (χ3n) is 17.0. The number of hydrogen-bond acceptors (Lipinski definition) is 4. The molecule has 0 aliphatic carbocycles. The van der Waals surface area contributed by atoms with Gasteiger partial charge < -0.3 is 14.5 Å². The summed E-state index contributed by atoms with van der Waals surface area (Å²) in [6.07, 6.45) is 1.94. The zero-order valence-corrected chi connectivity index (χ0v) is 49.0. The topological polar surface area (TPSA) is 33.5 Å². The zero-order valence-electron chi connectivity index (χ0n) is 49.0. The fraction of sp³-hybridized carbons (Fsp3) is 0.284. The first-order valence-electron chi connectivity index (χ1n) is 28.5. The van der Waals surface area contributed by atoms with Crippen molar-refractivity contribution in [3.63, 3.8) is 0 Å². The van der Waals surface area contributed by atoms with E-state index in [0.29, 0.717) is 18.5 Å². The first-order valence-corrected chi connectivity index (χ1v) is 28.5. The van der Waals surface area contributed by atoms with Crippen molar-refractivity contribution in [1.82, 2.24) is 9.55 Å². The zero-order chi connectivity index (χ0) is 55.8. The van der Waals surface area contributed by atoms with Crippen molar-refractivity contribution in [3.05, 3.63) is 239 Å². The van der Waals surface area contributed by atoms with Crippen molar-refractivity contribution < 1.29 is 4.74 Å². The van der Waals surface area contributed by atoms with Gasteiger partial charge in [-0.05, 0) is 145 Å². The van der Waals surface area contributed by atoms with Gasteiger partial charge in [-0.2, -0.15) is 0 Å². The minimum atomic E-state index is -0.281. The van der Waals surface area contributed by atoms with Gasteiger partial charge in [-0.15, -0.1) is 0 Å². The number of para-hydroxylation sites is 1. The summed E-state index contributed by atoms with van der Waals surface area (Å²) in [6, 6.07) is 69.9. The SMILES string of the molecule is CC(C)c1cccc(C(C)C)c1-c1ccc2c(c1)N(c1cc(Oc3ccc4c5ccccc5n(-c5cc(C(C)(C)C)ccn5)c4c3)cc(C(C)(C)C)c1)CN2c1cc(C(C)(C)c2ccccc2)cc(C(C)(C)c2ccccc2)c1. The highest BCUT2D eigenvalue weighted by molar-refractivity contribution is 6.09. The van der Waals surface area contributed by atoms with Crippen molar-refractivity contribution in [2.45, 2.75) is 130 Å². The van der Waals surface area contributed by atoms with Gasteiger partial charge in [-0.3, -0.25) is 4.57 Å². The van der Waals surface area contributed by atoms with Crippen LogP contribution in [0.25, 0.3) is 38.8 Å². The van der Waals surface area contributed by atoms with E-state index in [1.165, 1.54) is 66.7 Å². The molecule has 5 heteroatoms. The van der Waals surface area contributed by atoms with E-state index in [-0.39, 0.29) is 21.7 Å². The fourth-order valence-electron chi connectivity index (χ4n) is 11.9. The summed E-state index contributed by atoms with van der Waals surface area (Å²) in [5.41, 5.74) is 18.8. The van der Waals surface area contributed by atoms with Gasteiger partial charge in [0.1, 0.15) is 24.0 Å². The van der Waals surface area contributed by atoms with Gasteiger partial charge in [0, 0.05) is 51.3 Å². The fourth-order valence-corrected chi connectivity index (χ4v) is 11.9. The van der Waals surface area contributed by atoms with E-state index < -0.39 is 0 Å². The maximum atomic E-state index is 7.18. The van der Waals surface area contributed by atoms with E-state index in [0.717, 1.165) is 50.8 Å². The molecular formula is C74H78N4O. The molecule has 8 aromatic carbocycles. The van der Waals surface area contributed by atoms with Gasteiger partial charge in [0.15, 0.2) is 0 Å². The largest absolute Gasteiger partial charge is 0.457 e. The monoisotopic (exact) mass is 1040 g/mol. The Morgan fingerprint density at radius 2 is 0.975 bits per heavy atom. The molecule has 0 spiro atoms. The Kier molecular flexibility index (Phi) is 13.5. The Morgan fingerprint density at radius 1 is 0.418 bits per heavy atom. The summed E-state index contributed by atoms with van der Waals surface area (Å²) >= 11 is 0. The Bertz CT molecular complexity index is 3790. The molecule has 10 aromatic rings. The number of aromatic nitrogens is 2. The van der Waals surface area contributed by atoms with Crippen LogP contribution >= 0.6 is 0 Å². The van der Waals surface area contributed by atoms with Crippen LogP contribution in [0.1, 0.15) is 153 Å². The first-order chi connectivity index (χ1) is 37.6. The van der Waals surface area contributed by atoms with Crippen LogP contribution in [0.2, 0.25) is 0 Å². The molecule has 0 bridgehead atoms. The molecule has 0 unspecified atom stereocenters. The number of hydrogen-bond donors (Lipinski definition) is 0. The predicted molar refractivity (Wildman–Crippen MR) is 335 cm³/mol. The van der Waals surface area contributed by atoms with E-state index in [1.807, 2.05) is 6.20 Å². The predicted octanol–water partition coefficient (Wildman–Crippen LogP) is 20.4. The van der Waals surface area contributed by atoms with E-state index in [2.05, 4.69) is 299 Å². The van der Waals surface area contributed by atoms with Crippen LogP contribution in [0.4, 0.5) is 22.7 Å². The third-order valence-corrected chi connectivity index (χ3v) is 17.0. The lowest BCUT2D eigenvalue weighted by Gasteiger charge is -2.33. The highest BCUT2D eigenvalue weighted by Gasteiger charge is 2.35. The molecule has 400 valence electrons. The Morgan fingerprint density at radius 3 is 1.58 bits per heavy atom. The third kappa shape index (κ3) is 9.92. The highest BCUT2D eigenvalue weighted by atomic mass is 16.5. The number of nitrogens with zero attached hydrogens (tertiary/aromatic N) is 4. The number of anilines is 4. The maximum Gasteiger partial charge on any atom is 0.137 e. The van der Waals surface area contributed by atoms with Gasteiger partial charge in [0.25, 0.3) is 0 Å². The molecule has 0 amide bonds. The van der Waals surface area contributed by atoms with Crippen LogP contribution in [-0.2, 0) is 21.7 Å². The Labute approximate surface area is 470 Å². The molecule has 1 aliphatic heterocycles. The Balaban J connectivity index is 1.09. The quantitative estimate of drug-likeness (QED) is 0.122. The second kappa shape index (κ2) is 20.1. The van der Waals surface area contributed by atoms with Gasteiger partial charge in [0.05, 0.1) is 22.4 Å². The minimum Gasteiger partial charge on any atom is -0.457 e. The van der Waals surface area contributed by atoms with Crippen molar-refractivity contribution >= 4 is 44.6 Å². The molecule has 1 aliphatic rings. The number of fused-ring (bicyclic) bond motifs is 4. The number of benzene rings is 8. The van der Waals surface area contributed by atoms with Crippen LogP contribution in [0.5, 0.6) is 11.5 Å². The van der Waals surface area contributed by atoms with E-state index in [4.69, 9.17) is 9.72 Å². The van der Waals surface area contributed by atoms with E-state index in [1.54, 1.807) is 0 Å². The lowest BCUT2D eigenvalue weighted by Crippen LogP contribution is -2.27. The normalized spacial score (nSPS) is 13.3. The molecule has 0 atom stereocenters. The maximum absolute atomic E-state index is 7.18. The molecule has 0 saturated heterocycles. The molecule has 0 radical (unpaired) electrons. The van der Waals surface area contributed by atoms with Crippen molar-refractivity contribution in [2.75, 3.05) is 16.5 Å². The molecule has 11 rings (SSSR count). The first kappa shape index (κ1) is 53.1. The van der Waals surface area contributed by atoms with Crippen molar-refractivity contribution in [1.29, 1.82) is 0 Å².